The fourth-order valence-electron chi connectivity index (χ4n) is 9.45. The molecule has 3 aliphatic heterocycles. The number of alkyl carbamates (subject to hydrolysis) is 1. The Labute approximate surface area is 357 Å². The first kappa shape index (κ1) is 39.4. The zero-order chi connectivity index (χ0) is 42.5. The Kier molecular flexibility index (Phi) is 10.3. The normalized spacial score (nSPS) is 19.8. The number of benzene rings is 4. The fourth-order valence-corrected chi connectivity index (χ4v) is 9.45. The number of H-pyrrole nitrogens is 2. The Morgan fingerprint density at radius 2 is 1.77 bits per heavy atom. The molecule has 4 aromatic carbocycles. The smallest absolute Gasteiger partial charge is 0.407 e. The summed E-state index contributed by atoms with van der Waals surface area (Å²) >= 11 is 0. The number of likely N-dealkylation sites (tertiary alicyclic amines) is 2. The second-order valence-corrected chi connectivity index (χ2v) is 16.8. The Bertz CT molecular complexity index is 2710. The number of hydrogen-bond acceptors (Lipinski definition) is 9. The van der Waals surface area contributed by atoms with Crippen LogP contribution in [0.25, 0.3) is 44.2 Å². The van der Waals surface area contributed by atoms with Gasteiger partial charge in [-0.25, -0.2) is 14.8 Å². The average Bonchev–Trinajstić information content (AvgIpc) is 3.66. The van der Waals surface area contributed by atoms with Crippen LogP contribution in [-0.2, 0) is 30.5 Å². The Morgan fingerprint density at radius 3 is 2.58 bits per heavy atom. The first-order valence-electron chi connectivity index (χ1n) is 21.3. The summed E-state index contributed by atoms with van der Waals surface area (Å²) in [5.41, 5.74) is 7.34. The molecule has 15 heteroatoms. The topological polar surface area (TPSA) is 184 Å². The van der Waals surface area contributed by atoms with Gasteiger partial charge >= 0.3 is 6.09 Å². The van der Waals surface area contributed by atoms with Crippen LogP contribution in [0.2, 0.25) is 0 Å². The number of hydrogen-bond donors (Lipinski definition) is 4. The summed E-state index contributed by atoms with van der Waals surface area (Å²) in [5.74, 6) is 1.87. The average molecular weight is 837 g/mol. The van der Waals surface area contributed by atoms with Crippen LogP contribution in [0, 0.1) is 11.8 Å². The molecule has 0 unspecified atom stereocenters. The lowest BCUT2D eigenvalue weighted by Gasteiger charge is -2.28. The molecular formula is C47H48N8O7. The van der Waals surface area contributed by atoms with Gasteiger partial charge in [-0.05, 0) is 84.0 Å². The molecule has 10 rings (SSSR count). The third-order valence-corrected chi connectivity index (χ3v) is 12.7. The summed E-state index contributed by atoms with van der Waals surface area (Å²) in [7, 11) is 2.92. The highest BCUT2D eigenvalue weighted by Crippen LogP contribution is 2.44. The molecule has 1 aliphatic carbocycles. The van der Waals surface area contributed by atoms with Gasteiger partial charge in [0.15, 0.2) is 0 Å². The summed E-state index contributed by atoms with van der Waals surface area (Å²) in [4.78, 5) is 72.6. The fraction of sp³-hybridized carbons (Fsp3) is 0.362. The highest BCUT2D eigenvalue weighted by molar-refractivity contribution is 6.07. The van der Waals surface area contributed by atoms with E-state index in [0.29, 0.717) is 38.5 Å². The number of carbonyl (C=O) groups is 4. The van der Waals surface area contributed by atoms with Gasteiger partial charge in [-0.1, -0.05) is 48.5 Å². The van der Waals surface area contributed by atoms with Crippen molar-refractivity contribution < 1.29 is 33.4 Å². The number of amides is 4. The molecule has 4 amide bonds. The minimum Gasteiger partial charge on any atom is -0.488 e. The van der Waals surface area contributed by atoms with Gasteiger partial charge in [-0.2, -0.15) is 0 Å². The van der Waals surface area contributed by atoms with Gasteiger partial charge in [0.2, 0.25) is 17.7 Å². The van der Waals surface area contributed by atoms with Gasteiger partial charge in [0.1, 0.15) is 36.6 Å². The molecule has 2 aromatic heterocycles. The maximum Gasteiger partial charge on any atom is 0.407 e. The van der Waals surface area contributed by atoms with Crippen LogP contribution in [0.5, 0.6) is 5.75 Å². The molecule has 6 aromatic rings. The van der Waals surface area contributed by atoms with E-state index in [4.69, 9.17) is 19.4 Å². The summed E-state index contributed by atoms with van der Waals surface area (Å²) in [6, 6.07) is 22.8. The van der Waals surface area contributed by atoms with Crippen LogP contribution < -0.4 is 15.4 Å². The molecule has 3 fully saturated rings. The quantitative estimate of drug-likeness (QED) is 0.113. The third kappa shape index (κ3) is 7.39. The molecule has 0 radical (unpaired) electrons. The van der Waals surface area contributed by atoms with E-state index < -0.39 is 12.1 Å². The minimum absolute atomic E-state index is 0.0109. The zero-order valence-electron chi connectivity index (χ0n) is 34.6. The van der Waals surface area contributed by atoms with Crippen LogP contribution in [0.1, 0.15) is 73.0 Å². The van der Waals surface area contributed by atoms with Crippen molar-refractivity contribution in [1.82, 2.24) is 40.4 Å². The Balaban J connectivity index is 0.889. The highest BCUT2D eigenvalue weighted by Gasteiger charge is 2.40. The molecule has 15 nitrogen and oxygen atoms in total. The summed E-state index contributed by atoms with van der Waals surface area (Å²) in [6.07, 6.45) is 5.18. The number of carbonyl (C=O) groups excluding carboxylic acids is 4. The van der Waals surface area contributed by atoms with Gasteiger partial charge in [0, 0.05) is 43.0 Å². The van der Waals surface area contributed by atoms with E-state index in [1.807, 2.05) is 47.5 Å². The molecule has 5 heterocycles. The van der Waals surface area contributed by atoms with Crippen molar-refractivity contribution in [2.45, 2.75) is 56.8 Å². The maximum atomic E-state index is 14.2. The molecule has 0 bridgehead atoms. The summed E-state index contributed by atoms with van der Waals surface area (Å²) in [6.45, 7) is 1.78. The third-order valence-electron chi connectivity index (χ3n) is 12.7. The largest absolute Gasteiger partial charge is 0.488 e. The number of methoxy groups -OCH3 is 2. The molecule has 62 heavy (non-hydrogen) atoms. The number of aromatic amines is 2. The minimum atomic E-state index is -0.749. The van der Waals surface area contributed by atoms with Crippen LogP contribution in [0.4, 0.5) is 4.79 Å². The first-order valence-corrected chi connectivity index (χ1v) is 21.3. The lowest BCUT2D eigenvalue weighted by Crippen LogP contribution is -2.43. The number of rotatable bonds is 11. The van der Waals surface area contributed by atoms with Crippen LogP contribution >= 0.6 is 0 Å². The van der Waals surface area contributed by atoms with Gasteiger partial charge in [-0.15, -0.1) is 0 Å². The van der Waals surface area contributed by atoms with Crippen LogP contribution in [0.3, 0.4) is 0 Å². The number of nitrogens with one attached hydrogen (secondary N) is 4. The van der Waals surface area contributed by atoms with Gasteiger partial charge in [0.25, 0.3) is 0 Å². The Morgan fingerprint density at radius 1 is 0.919 bits per heavy atom. The molecule has 4 aliphatic rings. The molecule has 1 saturated carbocycles. The van der Waals surface area contributed by atoms with Gasteiger partial charge < -0.3 is 44.6 Å². The Hall–Kier alpha value is -6.74. The van der Waals surface area contributed by atoms with E-state index in [0.717, 1.165) is 92.6 Å². The predicted octanol–water partition coefficient (Wildman–Crippen LogP) is 6.49. The van der Waals surface area contributed by atoms with Crippen molar-refractivity contribution in [2.75, 3.05) is 40.5 Å². The van der Waals surface area contributed by atoms with Crippen molar-refractivity contribution in [2.24, 2.45) is 11.8 Å². The summed E-state index contributed by atoms with van der Waals surface area (Å²) < 4.78 is 16.5. The number of fused-ring (bicyclic) bond motifs is 6. The van der Waals surface area contributed by atoms with Gasteiger partial charge in [-0.3, -0.25) is 14.4 Å². The van der Waals surface area contributed by atoms with Crippen molar-refractivity contribution in [3.05, 3.63) is 102 Å². The van der Waals surface area contributed by atoms with Crippen molar-refractivity contribution in [3.8, 4) is 28.1 Å². The van der Waals surface area contributed by atoms with E-state index in [-0.39, 0.29) is 48.2 Å². The molecule has 4 N–H and O–H groups in total. The number of ether oxygens (including phenoxy) is 3. The molecular weight excluding hydrogens is 789 g/mol. The number of nitrogens with zero attached hydrogens (tertiary/aromatic N) is 4. The molecule has 0 spiro atoms. The van der Waals surface area contributed by atoms with E-state index in [9.17, 15) is 19.2 Å². The molecule has 4 atom stereocenters. The zero-order valence-corrected chi connectivity index (χ0v) is 34.6. The monoisotopic (exact) mass is 836 g/mol. The van der Waals surface area contributed by atoms with Crippen molar-refractivity contribution >= 4 is 45.6 Å². The molecule has 318 valence electrons. The van der Waals surface area contributed by atoms with Crippen molar-refractivity contribution in [3.63, 3.8) is 0 Å². The SMILES string of the molecule is COC[C@H]1C[C@@H](c2nc3ccc4cc5c(cc4c3[nH]2)OCc2cc(-c3cnc([C@@H]4CCCN4C(=O)[C@H](NC(=O)C4CC4)c4ccccc4)[nH]3)ccc2-5)N(C(=O)CNC(=O)OC)C1. The number of aromatic nitrogens is 4. The van der Waals surface area contributed by atoms with E-state index in [1.165, 1.54) is 7.11 Å². The van der Waals surface area contributed by atoms with Crippen molar-refractivity contribution in [1.29, 1.82) is 0 Å². The van der Waals surface area contributed by atoms with Crippen LogP contribution in [-0.4, -0.2) is 94.0 Å². The number of imidazole rings is 2. The second kappa shape index (κ2) is 16.3. The van der Waals surface area contributed by atoms with Gasteiger partial charge in [0.05, 0.1) is 48.7 Å². The highest BCUT2D eigenvalue weighted by atomic mass is 16.5. The van der Waals surface area contributed by atoms with Crippen LogP contribution in [0.15, 0.2) is 79.0 Å². The summed E-state index contributed by atoms with van der Waals surface area (Å²) in [5, 5.41) is 7.53. The lowest BCUT2D eigenvalue weighted by molar-refractivity contribution is -0.138. The molecule has 2 saturated heterocycles. The standard InChI is InChI=1S/C47H48N8O7/c1-60-24-26-17-38(55(23-26)40(56)22-49-47(59)61-2)44-50-35-15-13-29-19-34-32-14-12-30(18-31(32)25-62-39(34)20-33(29)42(35)52-44)36-21-48-43(51-36)37-9-6-16-54(37)46(58)41(27-7-4-3-5-8-27)53-45(57)28-10-11-28/h3-5,7-8,12-15,18-21,26,28,37-38,41H,6,9-11,16-17,22-25H2,1-2H3,(H,48,51)(H,49,59)(H,50,52)(H,53,57)/t26-,37-,38-,41+/m0/s1. The van der Waals surface area contributed by atoms with E-state index in [2.05, 4.69) is 61.7 Å². The first-order chi connectivity index (χ1) is 30.3. The van der Waals surface area contributed by atoms with E-state index in [1.54, 1.807) is 12.0 Å². The lowest BCUT2D eigenvalue weighted by atomic mass is 9.92. The second-order valence-electron chi connectivity index (χ2n) is 16.8. The predicted molar refractivity (Wildman–Crippen MR) is 230 cm³/mol. The maximum absolute atomic E-state index is 14.2. The van der Waals surface area contributed by atoms with E-state index >= 15 is 0 Å².